The Labute approximate surface area is 107 Å². The van der Waals surface area contributed by atoms with Crippen molar-refractivity contribution in [1.29, 1.82) is 0 Å². The second kappa shape index (κ2) is 6.41. The highest BCUT2D eigenvalue weighted by Crippen LogP contribution is 2.29. The van der Waals surface area contributed by atoms with Crippen LogP contribution in [-0.4, -0.2) is 17.0 Å². The van der Waals surface area contributed by atoms with Gasteiger partial charge in [-0.15, -0.1) is 0 Å². The third-order valence-electron chi connectivity index (χ3n) is 3.24. The molecule has 0 aliphatic heterocycles. The number of halogens is 1. The summed E-state index contributed by atoms with van der Waals surface area (Å²) in [4.78, 5) is 0. The summed E-state index contributed by atoms with van der Waals surface area (Å²) >= 11 is 2.00. The topological polar surface area (TPSA) is 26.0 Å². The zero-order valence-corrected chi connectivity index (χ0v) is 10.9. The van der Waals surface area contributed by atoms with Gasteiger partial charge >= 0.3 is 0 Å². The van der Waals surface area contributed by atoms with E-state index in [-0.39, 0.29) is 11.9 Å². The van der Waals surface area contributed by atoms with Crippen LogP contribution in [0.15, 0.2) is 24.3 Å². The maximum Gasteiger partial charge on any atom is 0.123 e. The summed E-state index contributed by atoms with van der Waals surface area (Å²) in [7, 11) is 0. The molecular weight excluding hydrogens is 233 g/mol. The highest BCUT2D eigenvalue weighted by molar-refractivity contribution is 7.99. The van der Waals surface area contributed by atoms with Gasteiger partial charge in [0.25, 0.3) is 0 Å². The molecular formula is C14H20FNS. The van der Waals surface area contributed by atoms with Crippen molar-refractivity contribution in [1.82, 2.24) is 0 Å². The molecule has 1 aliphatic rings. The van der Waals surface area contributed by atoms with Crippen LogP contribution in [-0.2, 0) is 6.42 Å². The Kier molecular flexibility index (Phi) is 4.86. The molecule has 3 heteroatoms. The molecule has 1 aromatic rings. The van der Waals surface area contributed by atoms with E-state index in [9.17, 15) is 4.39 Å². The first kappa shape index (κ1) is 12.9. The molecule has 1 atom stereocenters. The van der Waals surface area contributed by atoms with E-state index >= 15 is 0 Å². The molecule has 0 heterocycles. The van der Waals surface area contributed by atoms with E-state index < -0.39 is 0 Å². The van der Waals surface area contributed by atoms with E-state index in [4.69, 9.17) is 5.73 Å². The fraction of sp³-hybridized carbons (Fsp3) is 0.571. The van der Waals surface area contributed by atoms with Crippen molar-refractivity contribution in [3.05, 3.63) is 35.6 Å². The average molecular weight is 253 g/mol. The molecule has 1 aliphatic carbocycles. The van der Waals surface area contributed by atoms with Crippen LogP contribution in [0.5, 0.6) is 0 Å². The van der Waals surface area contributed by atoms with Crippen LogP contribution in [0.25, 0.3) is 0 Å². The van der Waals surface area contributed by atoms with Gasteiger partial charge in [0.05, 0.1) is 0 Å². The molecule has 0 saturated heterocycles. The second-order valence-corrected chi connectivity index (χ2v) is 6.17. The standard InChI is InChI=1S/C14H20FNS/c15-12-5-3-4-11(8-12)9-13(16)10-17-14-6-1-2-7-14/h3-5,8,13-14H,1-2,6-7,9-10,16H2. The predicted octanol–water partition coefficient (Wildman–Crippen LogP) is 3.37. The predicted molar refractivity (Wildman–Crippen MR) is 72.8 cm³/mol. The smallest absolute Gasteiger partial charge is 0.123 e. The summed E-state index contributed by atoms with van der Waals surface area (Å²) in [5.41, 5.74) is 7.09. The number of rotatable bonds is 5. The summed E-state index contributed by atoms with van der Waals surface area (Å²) in [6.45, 7) is 0. The molecule has 2 rings (SSSR count). The van der Waals surface area contributed by atoms with E-state index in [1.807, 2.05) is 17.8 Å². The molecule has 0 aromatic heterocycles. The maximum absolute atomic E-state index is 13.0. The fourth-order valence-electron chi connectivity index (χ4n) is 2.34. The Hall–Kier alpha value is -0.540. The fourth-order valence-corrected chi connectivity index (χ4v) is 3.64. The minimum absolute atomic E-state index is 0.141. The number of nitrogens with two attached hydrogens (primary N) is 1. The minimum Gasteiger partial charge on any atom is -0.327 e. The molecule has 1 fully saturated rings. The lowest BCUT2D eigenvalue weighted by Crippen LogP contribution is -2.26. The Balaban J connectivity index is 1.74. The molecule has 1 nitrogen and oxygen atoms in total. The second-order valence-electron chi connectivity index (χ2n) is 4.83. The van der Waals surface area contributed by atoms with Gasteiger partial charge in [-0.1, -0.05) is 25.0 Å². The Morgan fingerprint density at radius 3 is 2.82 bits per heavy atom. The van der Waals surface area contributed by atoms with Gasteiger partial charge in [-0.2, -0.15) is 11.8 Å². The van der Waals surface area contributed by atoms with Crippen LogP contribution >= 0.6 is 11.8 Å². The van der Waals surface area contributed by atoms with Gasteiger partial charge in [-0.3, -0.25) is 0 Å². The molecule has 0 amide bonds. The SMILES string of the molecule is NC(CSC1CCCC1)Cc1cccc(F)c1. The van der Waals surface area contributed by atoms with Crippen molar-refractivity contribution in [3.8, 4) is 0 Å². The Morgan fingerprint density at radius 2 is 2.12 bits per heavy atom. The highest BCUT2D eigenvalue weighted by atomic mass is 32.2. The average Bonchev–Trinajstić information content (AvgIpc) is 2.79. The summed E-state index contributed by atoms with van der Waals surface area (Å²) in [6, 6.07) is 6.90. The zero-order chi connectivity index (χ0) is 12.1. The van der Waals surface area contributed by atoms with Crippen LogP contribution in [0.1, 0.15) is 31.2 Å². The van der Waals surface area contributed by atoms with Crippen molar-refractivity contribution in [2.45, 2.75) is 43.4 Å². The van der Waals surface area contributed by atoms with E-state index in [1.54, 1.807) is 12.1 Å². The van der Waals surface area contributed by atoms with Crippen molar-refractivity contribution in [2.24, 2.45) is 5.73 Å². The first-order valence-electron chi connectivity index (χ1n) is 6.35. The van der Waals surface area contributed by atoms with E-state index in [0.717, 1.165) is 23.0 Å². The third-order valence-corrected chi connectivity index (χ3v) is 4.80. The molecule has 2 N–H and O–H groups in total. The van der Waals surface area contributed by atoms with E-state index in [2.05, 4.69) is 0 Å². The quantitative estimate of drug-likeness (QED) is 0.870. The summed E-state index contributed by atoms with van der Waals surface area (Å²) in [5, 5.41) is 0.813. The lowest BCUT2D eigenvalue weighted by Gasteiger charge is -2.14. The molecule has 94 valence electrons. The van der Waals surface area contributed by atoms with Crippen molar-refractivity contribution < 1.29 is 4.39 Å². The van der Waals surface area contributed by atoms with Crippen LogP contribution < -0.4 is 5.73 Å². The van der Waals surface area contributed by atoms with Gasteiger partial charge in [0.2, 0.25) is 0 Å². The lowest BCUT2D eigenvalue weighted by molar-refractivity contribution is 0.623. The molecule has 1 aromatic carbocycles. The van der Waals surface area contributed by atoms with Crippen molar-refractivity contribution in [3.63, 3.8) is 0 Å². The molecule has 1 unspecified atom stereocenters. The molecule has 1 saturated carbocycles. The first-order chi connectivity index (χ1) is 8.24. The van der Waals surface area contributed by atoms with Crippen LogP contribution in [0.2, 0.25) is 0 Å². The van der Waals surface area contributed by atoms with Gasteiger partial charge in [-0.25, -0.2) is 4.39 Å². The Morgan fingerprint density at radius 1 is 1.35 bits per heavy atom. The summed E-state index contributed by atoms with van der Waals surface area (Å²) in [5.74, 6) is 0.819. The monoisotopic (exact) mass is 253 g/mol. The molecule has 17 heavy (non-hydrogen) atoms. The van der Waals surface area contributed by atoms with Crippen LogP contribution in [0, 0.1) is 5.82 Å². The van der Waals surface area contributed by atoms with Crippen molar-refractivity contribution in [2.75, 3.05) is 5.75 Å². The Bertz CT molecular complexity index is 350. The minimum atomic E-state index is -0.168. The number of benzene rings is 1. The van der Waals surface area contributed by atoms with Crippen LogP contribution in [0.3, 0.4) is 0 Å². The molecule has 0 spiro atoms. The number of thioether (sulfide) groups is 1. The normalized spacial score (nSPS) is 18.5. The van der Waals surface area contributed by atoms with Crippen LogP contribution in [0.4, 0.5) is 4.39 Å². The molecule has 0 bridgehead atoms. The van der Waals surface area contributed by atoms with Gasteiger partial charge in [0.15, 0.2) is 0 Å². The van der Waals surface area contributed by atoms with Gasteiger partial charge in [0.1, 0.15) is 5.82 Å². The lowest BCUT2D eigenvalue weighted by atomic mass is 10.1. The maximum atomic E-state index is 13.0. The van der Waals surface area contributed by atoms with Crippen molar-refractivity contribution >= 4 is 11.8 Å². The van der Waals surface area contributed by atoms with Gasteiger partial charge in [-0.05, 0) is 37.0 Å². The van der Waals surface area contributed by atoms with E-state index in [0.29, 0.717) is 0 Å². The molecule has 0 radical (unpaired) electrons. The van der Waals surface area contributed by atoms with E-state index in [1.165, 1.54) is 31.7 Å². The number of hydrogen-bond acceptors (Lipinski definition) is 2. The number of hydrogen-bond donors (Lipinski definition) is 1. The van der Waals surface area contributed by atoms with Gasteiger partial charge in [0, 0.05) is 17.0 Å². The summed E-state index contributed by atoms with van der Waals surface area (Å²) in [6.07, 6.45) is 6.21. The largest absolute Gasteiger partial charge is 0.327 e. The van der Waals surface area contributed by atoms with Gasteiger partial charge < -0.3 is 5.73 Å². The highest BCUT2D eigenvalue weighted by Gasteiger charge is 2.16. The zero-order valence-electron chi connectivity index (χ0n) is 10.1. The summed E-state index contributed by atoms with van der Waals surface area (Å²) < 4.78 is 13.0. The first-order valence-corrected chi connectivity index (χ1v) is 7.40. The third kappa shape index (κ3) is 4.32.